The summed E-state index contributed by atoms with van der Waals surface area (Å²) in [6.45, 7) is 2.90. The Bertz CT molecular complexity index is 1470. The molecule has 2 unspecified atom stereocenters. The zero-order valence-corrected chi connectivity index (χ0v) is 23.9. The third-order valence-electron chi connectivity index (χ3n) is 6.55. The van der Waals surface area contributed by atoms with Crippen molar-refractivity contribution in [1.29, 1.82) is 0 Å². The van der Waals surface area contributed by atoms with Crippen LogP contribution in [0.1, 0.15) is 31.4 Å². The topological polar surface area (TPSA) is 130 Å². The summed E-state index contributed by atoms with van der Waals surface area (Å²) >= 11 is 0. The Morgan fingerprint density at radius 1 is 1.00 bits per heavy atom. The Balaban J connectivity index is 2.07. The van der Waals surface area contributed by atoms with Crippen molar-refractivity contribution in [2.45, 2.75) is 45.3 Å². The van der Waals surface area contributed by atoms with Crippen molar-refractivity contribution in [2.24, 2.45) is 0 Å². The molecule has 3 rings (SSSR count). The average molecular weight is 585 g/mol. The fourth-order valence-corrected chi connectivity index (χ4v) is 5.00. The van der Waals surface area contributed by atoms with Crippen LogP contribution in [0.15, 0.2) is 78.9 Å². The molecule has 3 aromatic carbocycles. The maximum atomic E-state index is 14.0. The van der Waals surface area contributed by atoms with E-state index in [4.69, 9.17) is 0 Å². The Hall–Kier alpha value is -4.32. The molecule has 1 N–H and O–H groups in total. The van der Waals surface area contributed by atoms with Crippen molar-refractivity contribution >= 4 is 33.2 Å². The van der Waals surface area contributed by atoms with E-state index in [0.29, 0.717) is 12.0 Å². The van der Waals surface area contributed by atoms with E-state index in [1.54, 1.807) is 12.1 Å². The molecule has 218 valence electrons. The van der Waals surface area contributed by atoms with E-state index in [-0.39, 0.29) is 30.4 Å². The van der Waals surface area contributed by atoms with Crippen LogP contribution >= 0.6 is 0 Å². The molecule has 0 aliphatic heterocycles. The fourth-order valence-electron chi connectivity index (χ4n) is 4.16. The summed E-state index contributed by atoms with van der Waals surface area (Å²) < 4.78 is 40.0. The van der Waals surface area contributed by atoms with Gasteiger partial charge in [-0.15, -0.1) is 0 Å². The summed E-state index contributed by atoms with van der Waals surface area (Å²) in [5, 5.41) is 14.2. The Labute approximate surface area is 239 Å². The first-order chi connectivity index (χ1) is 19.4. The average Bonchev–Trinajstić information content (AvgIpc) is 2.94. The normalized spacial score (nSPS) is 12.7. The van der Waals surface area contributed by atoms with Gasteiger partial charge in [-0.05, 0) is 42.7 Å². The molecule has 3 aromatic rings. The van der Waals surface area contributed by atoms with Gasteiger partial charge in [-0.2, -0.15) is 0 Å². The predicted molar refractivity (Wildman–Crippen MR) is 154 cm³/mol. The van der Waals surface area contributed by atoms with Crippen LogP contribution in [-0.4, -0.2) is 54.9 Å². The molecule has 0 fully saturated rings. The van der Waals surface area contributed by atoms with Crippen LogP contribution in [0.25, 0.3) is 0 Å². The molecule has 0 spiro atoms. The number of non-ortho nitro benzene ring substituents is 1. The van der Waals surface area contributed by atoms with Crippen LogP contribution in [-0.2, 0) is 32.6 Å². The number of nitrogens with zero attached hydrogens (tertiary/aromatic N) is 3. The molecule has 12 heteroatoms. The zero-order chi connectivity index (χ0) is 30.2. The molecular formula is C29H33FN4O6S. The number of nitro benzene ring substituents is 1. The highest BCUT2D eigenvalue weighted by molar-refractivity contribution is 7.92. The molecule has 0 saturated heterocycles. The van der Waals surface area contributed by atoms with Gasteiger partial charge in [0, 0.05) is 31.1 Å². The minimum atomic E-state index is -4.08. The highest BCUT2D eigenvalue weighted by atomic mass is 32.2. The molecule has 0 aliphatic rings. The number of hydrogen-bond donors (Lipinski definition) is 1. The molecule has 0 aromatic heterocycles. The quantitative estimate of drug-likeness (QED) is 0.238. The maximum absolute atomic E-state index is 14.0. The summed E-state index contributed by atoms with van der Waals surface area (Å²) in [4.78, 5) is 39.5. The van der Waals surface area contributed by atoms with Gasteiger partial charge in [-0.3, -0.25) is 24.0 Å². The van der Waals surface area contributed by atoms with Crippen LogP contribution in [0.5, 0.6) is 0 Å². The molecule has 41 heavy (non-hydrogen) atoms. The Kier molecular flexibility index (Phi) is 10.5. The molecular weight excluding hydrogens is 551 g/mol. The molecule has 0 bridgehead atoms. The highest BCUT2D eigenvalue weighted by Gasteiger charge is 2.33. The first-order valence-corrected chi connectivity index (χ1v) is 14.8. The molecule has 0 radical (unpaired) electrons. The number of benzene rings is 3. The van der Waals surface area contributed by atoms with Crippen LogP contribution in [0.2, 0.25) is 0 Å². The largest absolute Gasteiger partial charge is 0.352 e. The van der Waals surface area contributed by atoms with Crippen molar-refractivity contribution in [3.8, 4) is 0 Å². The summed E-state index contributed by atoms with van der Waals surface area (Å²) in [5.41, 5.74) is 0.880. The van der Waals surface area contributed by atoms with Gasteiger partial charge in [0.2, 0.25) is 21.8 Å². The molecule has 2 atom stereocenters. The number of nitrogens with one attached hydrogen (secondary N) is 1. The van der Waals surface area contributed by atoms with Crippen LogP contribution in [0.4, 0.5) is 15.8 Å². The van der Waals surface area contributed by atoms with Crippen LogP contribution in [0.3, 0.4) is 0 Å². The summed E-state index contributed by atoms with van der Waals surface area (Å²) in [6, 6.07) is 18.2. The van der Waals surface area contributed by atoms with Crippen molar-refractivity contribution in [3.63, 3.8) is 0 Å². The van der Waals surface area contributed by atoms with Gasteiger partial charge in [-0.1, -0.05) is 55.5 Å². The lowest BCUT2D eigenvalue weighted by Crippen LogP contribution is -2.54. The lowest BCUT2D eigenvalue weighted by molar-refractivity contribution is -0.384. The first kappa shape index (κ1) is 31.2. The SMILES string of the molecule is CCC(C)NC(=O)C(Cc1ccccc1)N(Cc1ccc(F)cc1)C(=O)CN(c1cccc([N+](=O)[O-])c1)S(C)(=O)=O. The molecule has 0 heterocycles. The van der Waals surface area contributed by atoms with Gasteiger partial charge in [0.25, 0.3) is 5.69 Å². The third kappa shape index (κ3) is 8.84. The van der Waals surface area contributed by atoms with Crippen LogP contribution < -0.4 is 9.62 Å². The maximum Gasteiger partial charge on any atom is 0.271 e. The monoisotopic (exact) mass is 584 g/mol. The lowest BCUT2D eigenvalue weighted by Gasteiger charge is -2.34. The van der Waals surface area contributed by atoms with E-state index in [9.17, 15) is 32.5 Å². The first-order valence-electron chi connectivity index (χ1n) is 13.0. The second-order valence-corrected chi connectivity index (χ2v) is 11.6. The summed E-state index contributed by atoms with van der Waals surface area (Å²) in [5.74, 6) is -1.62. The number of sulfonamides is 1. The molecule has 10 nitrogen and oxygen atoms in total. The van der Waals surface area contributed by atoms with E-state index >= 15 is 0 Å². The van der Waals surface area contributed by atoms with Crippen molar-refractivity contribution < 1.29 is 27.3 Å². The number of carbonyl (C=O) groups is 2. The fraction of sp³-hybridized carbons (Fsp3) is 0.310. The van der Waals surface area contributed by atoms with Gasteiger partial charge in [-0.25, -0.2) is 12.8 Å². The lowest BCUT2D eigenvalue weighted by atomic mass is 10.0. The third-order valence-corrected chi connectivity index (χ3v) is 7.69. The number of carbonyl (C=O) groups excluding carboxylic acids is 2. The van der Waals surface area contributed by atoms with Crippen molar-refractivity contribution in [2.75, 3.05) is 17.1 Å². The minimum Gasteiger partial charge on any atom is -0.352 e. The van der Waals surface area contributed by atoms with Gasteiger partial charge >= 0.3 is 0 Å². The number of nitro groups is 1. The van der Waals surface area contributed by atoms with Gasteiger partial charge in [0.15, 0.2) is 0 Å². The molecule has 0 aliphatic carbocycles. The predicted octanol–water partition coefficient (Wildman–Crippen LogP) is 4.05. The van der Waals surface area contributed by atoms with Gasteiger partial charge in [0.1, 0.15) is 18.4 Å². The Morgan fingerprint density at radius 2 is 1.66 bits per heavy atom. The summed E-state index contributed by atoms with van der Waals surface area (Å²) in [7, 11) is -4.08. The van der Waals surface area contributed by atoms with Gasteiger partial charge in [0.05, 0.1) is 16.9 Å². The molecule has 0 saturated carbocycles. The molecule has 2 amide bonds. The highest BCUT2D eigenvalue weighted by Crippen LogP contribution is 2.24. The number of hydrogen-bond acceptors (Lipinski definition) is 6. The van der Waals surface area contributed by atoms with Crippen LogP contribution in [0, 0.1) is 15.9 Å². The van der Waals surface area contributed by atoms with E-state index in [1.807, 2.05) is 32.0 Å². The Morgan fingerprint density at radius 3 is 2.24 bits per heavy atom. The number of amides is 2. The summed E-state index contributed by atoms with van der Waals surface area (Å²) in [6.07, 6.45) is 1.66. The standard InChI is InChI=1S/C29H33FN4O6S/c1-4-21(2)31-29(36)27(17-22-9-6-5-7-10-22)32(19-23-13-15-24(30)16-14-23)28(35)20-33(41(3,39)40)25-11-8-12-26(18-25)34(37)38/h5-16,18,21,27H,4,17,19-20H2,1-3H3,(H,31,36). The minimum absolute atomic E-state index is 0.0690. The van der Waals surface area contributed by atoms with E-state index in [2.05, 4.69) is 5.32 Å². The number of anilines is 1. The van der Waals surface area contributed by atoms with E-state index in [0.717, 1.165) is 22.2 Å². The zero-order valence-electron chi connectivity index (χ0n) is 23.1. The smallest absolute Gasteiger partial charge is 0.271 e. The van der Waals surface area contributed by atoms with Crippen molar-refractivity contribution in [1.82, 2.24) is 10.2 Å². The van der Waals surface area contributed by atoms with E-state index < -0.39 is 45.2 Å². The number of rotatable bonds is 13. The van der Waals surface area contributed by atoms with Gasteiger partial charge < -0.3 is 10.2 Å². The van der Waals surface area contributed by atoms with Crippen molar-refractivity contribution in [3.05, 3.63) is 106 Å². The van der Waals surface area contributed by atoms with E-state index in [1.165, 1.54) is 47.4 Å². The second-order valence-electron chi connectivity index (χ2n) is 9.72. The number of halogens is 1. The second kappa shape index (κ2) is 13.8.